The summed E-state index contributed by atoms with van der Waals surface area (Å²) >= 11 is 0. The lowest BCUT2D eigenvalue weighted by Gasteiger charge is -2.34. The predicted octanol–water partition coefficient (Wildman–Crippen LogP) is 0.352. The molecule has 0 aromatic heterocycles. The van der Waals surface area contributed by atoms with Crippen LogP contribution in [0.4, 0.5) is 0 Å². The molecule has 1 heterocycles. The minimum absolute atomic E-state index is 0.154. The fourth-order valence-corrected chi connectivity index (χ4v) is 1.65. The Labute approximate surface area is 92.2 Å². The molecule has 0 saturated carbocycles. The summed E-state index contributed by atoms with van der Waals surface area (Å²) in [6.07, 6.45) is 0. The van der Waals surface area contributed by atoms with Gasteiger partial charge in [0, 0.05) is 19.7 Å². The molecule has 1 fully saturated rings. The second-order valence-corrected chi connectivity index (χ2v) is 4.42. The van der Waals surface area contributed by atoms with Gasteiger partial charge in [-0.05, 0) is 5.92 Å². The van der Waals surface area contributed by atoms with Crippen molar-refractivity contribution in [3.05, 3.63) is 0 Å². The molecular weight excluding hydrogens is 194 g/mol. The Kier molecular flexibility index (Phi) is 6.17. The molecule has 1 N–H and O–H groups in total. The van der Waals surface area contributed by atoms with Crippen LogP contribution < -0.4 is 0 Å². The average Bonchev–Trinajstić information content (AvgIpc) is 2.24. The summed E-state index contributed by atoms with van der Waals surface area (Å²) in [5, 5.41) is 9.14. The first-order valence-electron chi connectivity index (χ1n) is 5.74. The van der Waals surface area contributed by atoms with Gasteiger partial charge in [0.1, 0.15) is 0 Å². The molecule has 0 aliphatic carbocycles. The fraction of sp³-hybridized carbons (Fsp3) is 1.00. The largest absolute Gasteiger partial charge is 0.395 e. The monoisotopic (exact) mass is 217 g/mol. The van der Waals surface area contributed by atoms with Crippen molar-refractivity contribution in [1.82, 2.24) is 4.90 Å². The highest BCUT2D eigenvalue weighted by Crippen LogP contribution is 2.05. The SMILES string of the molecule is CC(C)COCCN1CCOCC1CO. The van der Waals surface area contributed by atoms with Crippen LogP contribution in [0.1, 0.15) is 13.8 Å². The molecule has 4 nitrogen and oxygen atoms in total. The Balaban J connectivity index is 2.12. The van der Waals surface area contributed by atoms with Gasteiger partial charge < -0.3 is 14.6 Å². The lowest BCUT2D eigenvalue weighted by Crippen LogP contribution is -2.48. The van der Waals surface area contributed by atoms with E-state index in [0.717, 1.165) is 32.9 Å². The van der Waals surface area contributed by atoms with Gasteiger partial charge in [-0.1, -0.05) is 13.8 Å². The van der Waals surface area contributed by atoms with E-state index < -0.39 is 0 Å². The first-order chi connectivity index (χ1) is 7.24. The van der Waals surface area contributed by atoms with Crippen molar-refractivity contribution < 1.29 is 14.6 Å². The van der Waals surface area contributed by atoms with E-state index in [0.29, 0.717) is 12.5 Å². The summed E-state index contributed by atoms with van der Waals surface area (Å²) in [5.41, 5.74) is 0. The lowest BCUT2D eigenvalue weighted by atomic mass is 10.2. The third kappa shape index (κ3) is 4.93. The molecule has 0 bridgehead atoms. The molecule has 1 unspecified atom stereocenters. The van der Waals surface area contributed by atoms with Crippen molar-refractivity contribution in [2.45, 2.75) is 19.9 Å². The number of ether oxygens (including phenoxy) is 2. The predicted molar refractivity (Wildman–Crippen MR) is 58.9 cm³/mol. The van der Waals surface area contributed by atoms with Crippen molar-refractivity contribution in [3.8, 4) is 0 Å². The van der Waals surface area contributed by atoms with Crippen LogP contribution in [-0.4, -0.2) is 62.2 Å². The number of aliphatic hydroxyl groups is 1. The molecule has 1 aliphatic heterocycles. The third-order valence-electron chi connectivity index (χ3n) is 2.53. The third-order valence-corrected chi connectivity index (χ3v) is 2.53. The Morgan fingerprint density at radius 2 is 2.33 bits per heavy atom. The Bertz CT molecular complexity index is 164. The number of aliphatic hydroxyl groups excluding tert-OH is 1. The summed E-state index contributed by atoms with van der Waals surface area (Å²) in [6.45, 7) is 9.21. The zero-order valence-corrected chi connectivity index (χ0v) is 9.82. The second-order valence-electron chi connectivity index (χ2n) is 4.42. The van der Waals surface area contributed by atoms with Crippen LogP contribution in [0.5, 0.6) is 0 Å². The zero-order chi connectivity index (χ0) is 11.1. The van der Waals surface area contributed by atoms with E-state index in [9.17, 15) is 0 Å². The molecule has 1 atom stereocenters. The standard InChI is InChI=1S/C11H23NO3/c1-10(2)8-14-5-3-12-4-6-15-9-11(12)7-13/h10-11,13H,3-9H2,1-2H3. The van der Waals surface area contributed by atoms with E-state index in [1.807, 2.05) is 0 Å². The van der Waals surface area contributed by atoms with E-state index in [-0.39, 0.29) is 12.6 Å². The normalized spacial score (nSPS) is 23.6. The molecule has 0 aromatic carbocycles. The molecule has 15 heavy (non-hydrogen) atoms. The van der Waals surface area contributed by atoms with Crippen LogP contribution in [-0.2, 0) is 9.47 Å². The number of rotatable bonds is 6. The van der Waals surface area contributed by atoms with Crippen LogP contribution in [0, 0.1) is 5.92 Å². The van der Waals surface area contributed by atoms with Gasteiger partial charge in [-0.2, -0.15) is 0 Å². The first-order valence-corrected chi connectivity index (χ1v) is 5.74. The quantitative estimate of drug-likeness (QED) is 0.652. The van der Waals surface area contributed by atoms with Crippen LogP contribution in [0.25, 0.3) is 0 Å². The molecule has 90 valence electrons. The summed E-state index contributed by atoms with van der Waals surface area (Å²) < 4.78 is 10.8. The topological polar surface area (TPSA) is 41.9 Å². The van der Waals surface area contributed by atoms with E-state index in [4.69, 9.17) is 14.6 Å². The minimum Gasteiger partial charge on any atom is -0.395 e. The minimum atomic E-state index is 0.154. The maximum atomic E-state index is 9.14. The maximum Gasteiger partial charge on any atom is 0.0644 e. The molecule has 0 spiro atoms. The molecule has 4 heteroatoms. The van der Waals surface area contributed by atoms with Crippen LogP contribution in [0.2, 0.25) is 0 Å². The van der Waals surface area contributed by atoms with Gasteiger partial charge >= 0.3 is 0 Å². The molecule has 1 rings (SSSR count). The highest BCUT2D eigenvalue weighted by Gasteiger charge is 2.21. The van der Waals surface area contributed by atoms with Gasteiger partial charge in [0.15, 0.2) is 0 Å². The summed E-state index contributed by atoms with van der Waals surface area (Å²) in [4.78, 5) is 2.24. The number of nitrogens with zero attached hydrogens (tertiary/aromatic N) is 1. The van der Waals surface area contributed by atoms with Gasteiger partial charge in [-0.15, -0.1) is 0 Å². The molecule has 0 amide bonds. The van der Waals surface area contributed by atoms with Gasteiger partial charge in [-0.25, -0.2) is 0 Å². The van der Waals surface area contributed by atoms with Gasteiger partial charge in [-0.3, -0.25) is 4.90 Å². The fourth-order valence-electron chi connectivity index (χ4n) is 1.65. The molecular formula is C11H23NO3. The van der Waals surface area contributed by atoms with Crippen LogP contribution in [0.3, 0.4) is 0 Å². The van der Waals surface area contributed by atoms with Crippen molar-refractivity contribution in [1.29, 1.82) is 0 Å². The van der Waals surface area contributed by atoms with E-state index in [1.165, 1.54) is 0 Å². The van der Waals surface area contributed by atoms with Crippen molar-refractivity contribution in [2.75, 3.05) is 46.1 Å². The highest BCUT2D eigenvalue weighted by molar-refractivity contribution is 4.73. The molecule has 0 aromatic rings. The Hall–Kier alpha value is -0.160. The zero-order valence-electron chi connectivity index (χ0n) is 9.82. The lowest BCUT2D eigenvalue weighted by molar-refractivity contribution is -0.0389. The maximum absolute atomic E-state index is 9.14. The summed E-state index contributed by atoms with van der Waals surface area (Å²) in [7, 11) is 0. The van der Waals surface area contributed by atoms with E-state index >= 15 is 0 Å². The van der Waals surface area contributed by atoms with Crippen LogP contribution >= 0.6 is 0 Å². The summed E-state index contributed by atoms with van der Waals surface area (Å²) in [6, 6.07) is 0.154. The number of hydrogen-bond acceptors (Lipinski definition) is 4. The van der Waals surface area contributed by atoms with E-state index in [2.05, 4.69) is 18.7 Å². The van der Waals surface area contributed by atoms with Gasteiger partial charge in [0.25, 0.3) is 0 Å². The Morgan fingerprint density at radius 1 is 1.53 bits per heavy atom. The van der Waals surface area contributed by atoms with Crippen molar-refractivity contribution >= 4 is 0 Å². The smallest absolute Gasteiger partial charge is 0.0644 e. The first kappa shape index (κ1) is 12.9. The number of morpholine rings is 1. The molecule has 1 saturated heterocycles. The van der Waals surface area contributed by atoms with Crippen LogP contribution in [0.15, 0.2) is 0 Å². The second kappa shape index (κ2) is 7.17. The average molecular weight is 217 g/mol. The summed E-state index contributed by atoms with van der Waals surface area (Å²) in [5.74, 6) is 0.586. The van der Waals surface area contributed by atoms with Gasteiger partial charge in [0.05, 0.1) is 32.5 Å². The molecule has 1 aliphatic rings. The highest BCUT2D eigenvalue weighted by atomic mass is 16.5. The van der Waals surface area contributed by atoms with Crippen molar-refractivity contribution in [2.24, 2.45) is 5.92 Å². The Morgan fingerprint density at radius 3 is 3.00 bits per heavy atom. The van der Waals surface area contributed by atoms with E-state index in [1.54, 1.807) is 0 Å². The van der Waals surface area contributed by atoms with Gasteiger partial charge in [0.2, 0.25) is 0 Å². The molecule has 0 radical (unpaired) electrons. The van der Waals surface area contributed by atoms with Crippen molar-refractivity contribution in [3.63, 3.8) is 0 Å². The number of hydrogen-bond donors (Lipinski definition) is 1.